The average Bonchev–Trinajstić information content (AvgIpc) is 2.61. The Morgan fingerprint density at radius 2 is 2.08 bits per heavy atom. The van der Waals surface area contributed by atoms with Crippen LogP contribution in [0.2, 0.25) is 0 Å². The number of piperidine rings is 1. The lowest BCUT2D eigenvalue weighted by Crippen LogP contribution is -2.38. The van der Waals surface area contributed by atoms with Crippen LogP contribution in [0.5, 0.6) is 11.5 Å². The van der Waals surface area contributed by atoms with Gasteiger partial charge in [0, 0.05) is 0 Å². The van der Waals surface area contributed by atoms with Crippen molar-refractivity contribution in [3.63, 3.8) is 0 Å². The zero-order valence-electron chi connectivity index (χ0n) is 14.9. The SMILES string of the molecule is CCCCN1CCC(CC2COc3c(C(=O)O)ccc(N)c3O2)CC1. The van der Waals surface area contributed by atoms with E-state index in [0.717, 1.165) is 19.5 Å². The zero-order valence-corrected chi connectivity index (χ0v) is 14.9. The minimum Gasteiger partial charge on any atom is -0.485 e. The van der Waals surface area contributed by atoms with Crippen LogP contribution in [-0.2, 0) is 0 Å². The van der Waals surface area contributed by atoms with E-state index in [1.54, 1.807) is 6.07 Å². The maximum atomic E-state index is 11.3. The fourth-order valence-electron chi connectivity index (χ4n) is 3.70. The summed E-state index contributed by atoms with van der Waals surface area (Å²) in [4.78, 5) is 13.9. The van der Waals surface area contributed by atoms with Crippen LogP contribution < -0.4 is 15.2 Å². The number of aromatic carboxylic acids is 1. The number of nitrogen functional groups attached to an aromatic ring is 1. The molecule has 2 heterocycles. The van der Waals surface area contributed by atoms with Crippen LogP contribution in [0.3, 0.4) is 0 Å². The molecule has 1 aromatic rings. The number of nitrogens with zero attached hydrogens (tertiary/aromatic N) is 1. The van der Waals surface area contributed by atoms with E-state index in [9.17, 15) is 9.90 Å². The van der Waals surface area contributed by atoms with E-state index in [1.807, 2.05) is 0 Å². The standard InChI is InChI=1S/C19H28N2O4/c1-2-3-8-21-9-6-13(7-10-21)11-14-12-24-17-15(19(22)23)4-5-16(20)18(17)25-14/h4-5,13-14H,2-3,6-12,20H2,1H3,(H,22,23). The summed E-state index contributed by atoms with van der Waals surface area (Å²) in [6, 6.07) is 3.03. The molecule has 0 radical (unpaired) electrons. The summed E-state index contributed by atoms with van der Waals surface area (Å²) in [5.74, 6) is 0.240. The summed E-state index contributed by atoms with van der Waals surface area (Å²) in [5, 5.41) is 9.26. The van der Waals surface area contributed by atoms with Gasteiger partial charge in [-0.25, -0.2) is 4.79 Å². The summed E-state index contributed by atoms with van der Waals surface area (Å²) in [7, 11) is 0. The summed E-state index contributed by atoms with van der Waals surface area (Å²) < 4.78 is 11.7. The molecule has 25 heavy (non-hydrogen) atoms. The van der Waals surface area contributed by atoms with Gasteiger partial charge in [0.2, 0.25) is 0 Å². The molecule has 1 aromatic carbocycles. The number of carboxylic acids is 1. The first kappa shape index (κ1) is 17.9. The van der Waals surface area contributed by atoms with Gasteiger partial charge in [-0.05, 0) is 63.4 Å². The topological polar surface area (TPSA) is 85.0 Å². The fourth-order valence-corrected chi connectivity index (χ4v) is 3.70. The quantitative estimate of drug-likeness (QED) is 0.769. The molecular weight excluding hydrogens is 320 g/mol. The van der Waals surface area contributed by atoms with E-state index >= 15 is 0 Å². The predicted octanol–water partition coefficient (Wildman–Crippen LogP) is 3.01. The lowest BCUT2D eigenvalue weighted by Gasteiger charge is -2.35. The Balaban J connectivity index is 1.57. The van der Waals surface area contributed by atoms with Gasteiger partial charge >= 0.3 is 5.97 Å². The van der Waals surface area contributed by atoms with Crippen LogP contribution in [0.1, 0.15) is 49.4 Å². The molecule has 1 unspecified atom stereocenters. The Labute approximate surface area is 148 Å². The van der Waals surface area contributed by atoms with E-state index in [2.05, 4.69) is 11.8 Å². The molecular formula is C19H28N2O4. The van der Waals surface area contributed by atoms with Crippen molar-refractivity contribution in [3.8, 4) is 11.5 Å². The number of hydrogen-bond donors (Lipinski definition) is 2. The Bertz CT molecular complexity index is 612. The van der Waals surface area contributed by atoms with Gasteiger partial charge in [0.05, 0.1) is 5.69 Å². The molecule has 3 rings (SSSR count). The third-order valence-corrected chi connectivity index (χ3v) is 5.20. The molecule has 6 heteroatoms. The number of likely N-dealkylation sites (tertiary alicyclic amines) is 1. The smallest absolute Gasteiger partial charge is 0.339 e. The summed E-state index contributed by atoms with van der Waals surface area (Å²) in [6.07, 6.45) is 5.74. The van der Waals surface area contributed by atoms with E-state index in [1.165, 1.54) is 38.3 Å². The highest BCUT2D eigenvalue weighted by Crippen LogP contribution is 2.41. The molecule has 2 aliphatic rings. The first-order chi connectivity index (χ1) is 12.1. The van der Waals surface area contributed by atoms with Crippen molar-refractivity contribution in [2.45, 2.75) is 45.1 Å². The first-order valence-corrected chi connectivity index (χ1v) is 9.26. The van der Waals surface area contributed by atoms with Gasteiger partial charge in [0.1, 0.15) is 18.3 Å². The molecule has 0 amide bonds. The van der Waals surface area contributed by atoms with E-state index < -0.39 is 5.97 Å². The number of rotatable bonds is 6. The zero-order chi connectivity index (χ0) is 17.8. The molecule has 0 aliphatic carbocycles. The van der Waals surface area contributed by atoms with Gasteiger partial charge in [-0.3, -0.25) is 0 Å². The van der Waals surface area contributed by atoms with E-state index in [0.29, 0.717) is 24.0 Å². The Morgan fingerprint density at radius 3 is 2.76 bits per heavy atom. The van der Waals surface area contributed by atoms with Crippen molar-refractivity contribution < 1.29 is 19.4 Å². The molecule has 138 valence electrons. The number of carbonyl (C=O) groups is 1. The largest absolute Gasteiger partial charge is 0.485 e. The summed E-state index contributed by atoms with van der Waals surface area (Å²) >= 11 is 0. The van der Waals surface area contributed by atoms with Crippen molar-refractivity contribution >= 4 is 11.7 Å². The number of carboxylic acid groups (broad SMARTS) is 1. The van der Waals surface area contributed by atoms with Crippen LogP contribution in [-0.4, -0.2) is 48.3 Å². The number of nitrogens with two attached hydrogens (primary N) is 1. The second-order valence-electron chi connectivity index (χ2n) is 7.09. The van der Waals surface area contributed by atoms with Gasteiger partial charge in [-0.15, -0.1) is 0 Å². The van der Waals surface area contributed by atoms with Crippen molar-refractivity contribution in [2.75, 3.05) is 32.0 Å². The Kier molecular flexibility index (Phi) is 5.68. The van der Waals surface area contributed by atoms with Crippen molar-refractivity contribution in [1.29, 1.82) is 0 Å². The lowest BCUT2D eigenvalue weighted by molar-refractivity contribution is 0.0551. The van der Waals surface area contributed by atoms with Gasteiger partial charge in [-0.2, -0.15) is 0 Å². The molecule has 3 N–H and O–H groups in total. The highest BCUT2D eigenvalue weighted by Gasteiger charge is 2.30. The minimum absolute atomic E-state index is 0.0639. The van der Waals surface area contributed by atoms with Crippen LogP contribution in [0.15, 0.2) is 12.1 Å². The second-order valence-corrected chi connectivity index (χ2v) is 7.09. The molecule has 0 bridgehead atoms. The van der Waals surface area contributed by atoms with Crippen LogP contribution in [0.4, 0.5) is 5.69 Å². The van der Waals surface area contributed by atoms with Gasteiger partial charge in [0.15, 0.2) is 11.5 Å². The fraction of sp³-hybridized carbons (Fsp3) is 0.632. The maximum Gasteiger partial charge on any atom is 0.339 e. The van der Waals surface area contributed by atoms with E-state index in [-0.39, 0.29) is 17.4 Å². The molecule has 1 saturated heterocycles. The normalized spacial score (nSPS) is 21.2. The number of fused-ring (bicyclic) bond motifs is 1. The second kappa shape index (κ2) is 7.95. The predicted molar refractivity (Wildman–Crippen MR) is 96.4 cm³/mol. The average molecular weight is 348 g/mol. The van der Waals surface area contributed by atoms with Crippen molar-refractivity contribution in [2.24, 2.45) is 5.92 Å². The van der Waals surface area contributed by atoms with Gasteiger partial charge in [0.25, 0.3) is 0 Å². The number of hydrogen-bond acceptors (Lipinski definition) is 5. The van der Waals surface area contributed by atoms with Crippen LogP contribution in [0.25, 0.3) is 0 Å². The highest BCUT2D eigenvalue weighted by atomic mass is 16.6. The lowest BCUT2D eigenvalue weighted by atomic mass is 9.91. The Hall–Kier alpha value is -1.95. The number of anilines is 1. The first-order valence-electron chi connectivity index (χ1n) is 9.26. The van der Waals surface area contributed by atoms with Crippen molar-refractivity contribution in [1.82, 2.24) is 4.90 Å². The van der Waals surface area contributed by atoms with Crippen LogP contribution >= 0.6 is 0 Å². The third-order valence-electron chi connectivity index (χ3n) is 5.20. The number of benzene rings is 1. The van der Waals surface area contributed by atoms with Gasteiger partial charge in [-0.1, -0.05) is 13.3 Å². The molecule has 1 atom stereocenters. The molecule has 0 spiro atoms. The Morgan fingerprint density at radius 1 is 1.32 bits per heavy atom. The molecule has 6 nitrogen and oxygen atoms in total. The minimum atomic E-state index is -1.03. The molecule has 0 aromatic heterocycles. The third kappa shape index (κ3) is 4.18. The highest BCUT2D eigenvalue weighted by molar-refractivity contribution is 5.93. The molecule has 0 saturated carbocycles. The molecule has 1 fully saturated rings. The summed E-state index contributed by atoms with van der Waals surface area (Å²) in [5.41, 5.74) is 6.50. The molecule has 2 aliphatic heterocycles. The van der Waals surface area contributed by atoms with Gasteiger partial charge < -0.3 is 25.2 Å². The number of ether oxygens (including phenoxy) is 2. The summed E-state index contributed by atoms with van der Waals surface area (Å²) in [6.45, 7) is 6.12. The van der Waals surface area contributed by atoms with Crippen LogP contribution in [0, 0.1) is 5.92 Å². The maximum absolute atomic E-state index is 11.3. The van der Waals surface area contributed by atoms with Crippen molar-refractivity contribution in [3.05, 3.63) is 17.7 Å². The van der Waals surface area contributed by atoms with E-state index in [4.69, 9.17) is 15.2 Å². The number of unbranched alkanes of at least 4 members (excludes halogenated alkanes) is 1. The monoisotopic (exact) mass is 348 g/mol.